The minimum Gasteiger partial charge on any atom is -0.497 e. The fourth-order valence-electron chi connectivity index (χ4n) is 3.42. The van der Waals surface area contributed by atoms with Crippen LogP contribution in [-0.2, 0) is 9.59 Å². The lowest BCUT2D eigenvalue weighted by Crippen LogP contribution is -2.54. The van der Waals surface area contributed by atoms with Crippen molar-refractivity contribution in [3.8, 4) is 11.5 Å². The SMILES string of the molecule is COc1ccc(C(=O)Oc2ccccc2/C=C2/C(=O)NC(=O)N(c3ccccc3C)C2=O)cc1. The number of methoxy groups -OCH3 is 1. The lowest BCUT2D eigenvalue weighted by atomic mass is 10.0. The lowest BCUT2D eigenvalue weighted by Gasteiger charge is -2.27. The second kappa shape index (κ2) is 9.41. The first-order valence-corrected chi connectivity index (χ1v) is 10.3. The number of ether oxygens (including phenoxy) is 2. The maximum Gasteiger partial charge on any atom is 0.343 e. The number of hydrogen-bond donors (Lipinski definition) is 1. The van der Waals surface area contributed by atoms with Crippen LogP contribution in [0.5, 0.6) is 11.5 Å². The number of nitrogens with zero attached hydrogens (tertiary/aromatic N) is 1. The zero-order valence-electron chi connectivity index (χ0n) is 18.4. The van der Waals surface area contributed by atoms with Crippen molar-refractivity contribution < 1.29 is 28.7 Å². The Morgan fingerprint density at radius 2 is 1.59 bits per heavy atom. The standard InChI is InChI=1S/C26H20N2O6/c1-16-7-3-5-9-21(16)28-24(30)20(23(29)27-26(28)32)15-18-8-4-6-10-22(18)34-25(31)17-11-13-19(33-2)14-12-17/h3-15H,1-2H3,(H,27,29,32)/b20-15-. The number of carbonyl (C=O) groups excluding carboxylic acids is 4. The molecule has 1 N–H and O–H groups in total. The summed E-state index contributed by atoms with van der Waals surface area (Å²) < 4.78 is 10.6. The fraction of sp³-hybridized carbons (Fsp3) is 0.0769. The molecule has 3 aromatic carbocycles. The third kappa shape index (κ3) is 4.42. The largest absolute Gasteiger partial charge is 0.497 e. The van der Waals surface area contributed by atoms with Crippen LogP contribution >= 0.6 is 0 Å². The summed E-state index contributed by atoms with van der Waals surface area (Å²) in [5.74, 6) is -1.49. The molecule has 4 rings (SSSR count). The van der Waals surface area contributed by atoms with E-state index in [1.807, 2.05) is 0 Å². The van der Waals surface area contributed by atoms with Gasteiger partial charge in [0.2, 0.25) is 0 Å². The van der Waals surface area contributed by atoms with Gasteiger partial charge in [0, 0.05) is 5.56 Å². The Bertz CT molecular complexity index is 1330. The second-order valence-electron chi connectivity index (χ2n) is 7.40. The van der Waals surface area contributed by atoms with E-state index in [1.165, 1.54) is 13.2 Å². The fourth-order valence-corrected chi connectivity index (χ4v) is 3.42. The number of para-hydroxylation sites is 2. The van der Waals surface area contributed by atoms with Gasteiger partial charge in [-0.15, -0.1) is 0 Å². The van der Waals surface area contributed by atoms with Crippen LogP contribution in [-0.4, -0.2) is 30.9 Å². The van der Waals surface area contributed by atoms with Gasteiger partial charge in [0.15, 0.2) is 0 Å². The van der Waals surface area contributed by atoms with Gasteiger partial charge in [-0.1, -0.05) is 36.4 Å². The van der Waals surface area contributed by atoms with Crippen molar-refractivity contribution in [1.82, 2.24) is 5.32 Å². The Morgan fingerprint density at radius 3 is 2.29 bits per heavy atom. The van der Waals surface area contributed by atoms with Crippen molar-refractivity contribution in [3.05, 3.63) is 95.1 Å². The number of anilines is 1. The summed E-state index contributed by atoms with van der Waals surface area (Å²) in [6, 6.07) is 18.9. The first-order chi connectivity index (χ1) is 16.4. The molecule has 1 heterocycles. The number of amides is 4. The smallest absolute Gasteiger partial charge is 0.343 e. The number of nitrogens with one attached hydrogen (secondary N) is 1. The summed E-state index contributed by atoms with van der Waals surface area (Å²) in [6.07, 6.45) is 1.30. The first kappa shape index (κ1) is 22.5. The summed E-state index contributed by atoms with van der Waals surface area (Å²) in [7, 11) is 1.52. The summed E-state index contributed by atoms with van der Waals surface area (Å²) in [5, 5.41) is 2.19. The van der Waals surface area contributed by atoms with E-state index in [0.717, 1.165) is 4.90 Å². The Morgan fingerprint density at radius 1 is 0.912 bits per heavy atom. The summed E-state index contributed by atoms with van der Waals surface area (Å²) in [4.78, 5) is 51.7. The van der Waals surface area contributed by atoms with Crippen LogP contribution in [0.1, 0.15) is 21.5 Å². The third-order valence-corrected chi connectivity index (χ3v) is 5.21. The number of aryl methyl sites for hydroxylation is 1. The zero-order chi connectivity index (χ0) is 24.2. The topological polar surface area (TPSA) is 102 Å². The second-order valence-corrected chi connectivity index (χ2v) is 7.40. The van der Waals surface area contributed by atoms with E-state index in [2.05, 4.69) is 5.32 Å². The molecule has 4 amide bonds. The van der Waals surface area contributed by atoms with Crippen LogP contribution in [0, 0.1) is 6.92 Å². The van der Waals surface area contributed by atoms with Crippen LogP contribution in [0.3, 0.4) is 0 Å². The van der Waals surface area contributed by atoms with E-state index in [9.17, 15) is 19.2 Å². The van der Waals surface area contributed by atoms with Crippen molar-refractivity contribution in [1.29, 1.82) is 0 Å². The van der Waals surface area contributed by atoms with Crippen LogP contribution in [0.15, 0.2) is 78.4 Å². The average molecular weight is 456 g/mol. The van der Waals surface area contributed by atoms with E-state index in [-0.39, 0.29) is 11.3 Å². The van der Waals surface area contributed by atoms with E-state index >= 15 is 0 Å². The molecular formula is C26H20N2O6. The number of hydrogen-bond acceptors (Lipinski definition) is 6. The van der Waals surface area contributed by atoms with Crippen molar-refractivity contribution in [2.24, 2.45) is 0 Å². The normalized spacial score (nSPS) is 14.7. The van der Waals surface area contributed by atoms with Crippen LogP contribution in [0.25, 0.3) is 6.08 Å². The van der Waals surface area contributed by atoms with Gasteiger partial charge in [-0.25, -0.2) is 14.5 Å². The number of carbonyl (C=O) groups is 4. The highest BCUT2D eigenvalue weighted by molar-refractivity contribution is 6.39. The summed E-state index contributed by atoms with van der Waals surface area (Å²) in [5.41, 5.74) is 1.40. The Labute approximate surface area is 195 Å². The Hall–Kier alpha value is -4.72. The number of rotatable bonds is 5. The van der Waals surface area contributed by atoms with E-state index in [4.69, 9.17) is 9.47 Å². The molecule has 170 valence electrons. The van der Waals surface area contributed by atoms with Gasteiger partial charge in [-0.3, -0.25) is 14.9 Å². The van der Waals surface area contributed by atoms with Crippen LogP contribution in [0.4, 0.5) is 10.5 Å². The molecule has 1 aliphatic rings. The quantitative estimate of drug-likeness (QED) is 0.271. The Balaban J connectivity index is 1.66. The van der Waals surface area contributed by atoms with Crippen molar-refractivity contribution in [2.75, 3.05) is 12.0 Å². The van der Waals surface area contributed by atoms with Crippen molar-refractivity contribution >= 4 is 35.6 Å². The molecule has 8 nitrogen and oxygen atoms in total. The van der Waals surface area contributed by atoms with Gasteiger partial charge in [0.1, 0.15) is 17.1 Å². The monoisotopic (exact) mass is 456 g/mol. The van der Waals surface area contributed by atoms with Crippen LogP contribution < -0.4 is 19.7 Å². The van der Waals surface area contributed by atoms with Gasteiger partial charge >= 0.3 is 12.0 Å². The van der Waals surface area contributed by atoms with Crippen molar-refractivity contribution in [2.45, 2.75) is 6.92 Å². The molecule has 34 heavy (non-hydrogen) atoms. The van der Waals surface area contributed by atoms with E-state index in [0.29, 0.717) is 28.1 Å². The maximum absolute atomic E-state index is 13.2. The van der Waals surface area contributed by atoms with E-state index in [1.54, 1.807) is 79.7 Å². The molecule has 0 spiro atoms. The number of urea groups is 1. The molecule has 0 unspecified atom stereocenters. The minimum atomic E-state index is -0.837. The van der Waals surface area contributed by atoms with Gasteiger partial charge < -0.3 is 9.47 Å². The highest BCUT2D eigenvalue weighted by Crippen LogP contribution is 2.27. The number of esters is 1. The van der Waals surface area contributed by atoms with Crippen molar-refractivity contribution in [3.63, 3.8) is 0 Å². The van der Waals surface area contributed by atoms with Crippen LogP contribution in [0.2, 0.25) is 0 Å². The summed E-state index contributed by atoms with van der Waals surface area (Å²) in [6.45, 7) is 1.75. The molecule has 0 atom stereocenters. The predicted octanol–water partition coefficient (Wildman–Crippen LogP) is 3.89. The zero-order valence-corrected chi connectivity index (χ0v) is 18.4. The molecule has 0 aliphatic carbocycles. The molecule has 8 heteroatoms. The summed E-state index contributed by atoms with van der Waals surface area (Å²) >= 11 is 0. The highest BCUT2D eigenvalue weighted by atomic mass is 16.5. The molecule has 0 saturated carbocycles. The average Bonchev–Trinajstić information content (AvgIpc) is 2.84. The third-order valence-electron chi connectivity index (χ3n) is 5.21. The molecule has 1 saturated heterocycles. The van der Waals surface area contributed by atoms with Gasteiger partial charge in [-0.05, 0) is 55.0 Å². The Kier molecular flexibility index (Phi) is 6.22. The van der Waals surface area contributed by atoms with E-state index < -0.39 is 23.8 Å². The first-order valence-electron chi connectivity index (χ1n) is 10.3. The van der Waals surface area contributed by atoms with Gasteiger partial charge in [-0.2, -0.15) is 0 Å². The predicted molar refractivity (Wildman–Crippen MR) is 125 cm³/mol. The molecular weight excluding hydrogens is 436 g/mol. The lowest BCUT2D eigenvalue weighted by molar-refractivity contribution is -0.122. The molecule has 0 radical (unpaired) electrons. The maximum atomic E-state index is 13.2. The van der Waals surface area contributed by atoms with Gasteiger partial charge in [0.05, 0.1) is 18.4 Å². The minimum absolute atomic E-state index is 0.149. The molecule has 3 aromatic rings. The molecule has 1 aliphatic heterocycles. The highest BCUT2D eigenvalue weighted by Gasteiger charge is 2.37. The number of barbiturate groups is 1. The molecule has 0 bridgehead atoms. The number of benzene rings is 3. The molecule has 1 fully saturated rings. The number of imide groups is 2. The molecule has 0 aromatic heterocycles. The van der Waals surface area contributed by atoms with Gasteiger partial charge in [0.25, 0.3) is 11.8 Å².